The average Bonchev–Trinajstić information content (AvgIpc) is 3.22. The highest BCUT2D eigenvalue weighted by atomic mass is 16.5. The number of benzene rings is 2. The SMILES string of the molecule is c1ccc(CNc2ncnc3nc(Nc4ccc(N5CCOCC5)cc4)[nH]c23)cc1. The van der Waals surface area contributed by atoms with Crippen LogP contribution in [0, 0.1) is 0 Å². The first-order valence-corrected chi connectivity index (χ1v) is 10.0. The number of rotatable bonds is 6. The number of hydrogen-bond donors (Lipinski definition) is 3. The molecule has 1 saturated heterocycles. The molecule has 8 heteroatoms. The summed E-state index contributed by atoms with van der Waals surface area (Å²) in [6, 6.07) is 18.5. The fraction of sp³-hybridized carbons (Fsp3) is 0.227. The van der Waals surface area contributed by atoms with Crippen molar-refractivity contribution in [3.63, 3.8) is 0 Å². The summed E-state index contributed by atoms with van der Waals surface area (Å²) in [5.74, 6) is 1.36. The third-order valence-corrected chi connectivity index (χ3v) is 5.10. The van der Waals surface area contributed by atoms with Crippen molar-refractivity contribution in [2.75, 3.05) is 41.8 Å². The average molecular weight is 401 g/mol. The number of hydrogen-bond acceptors (Lipinski definition) is 7. The monoisotopic (exact) mass is 401 g/mol. The summed E-state index contributed by atoms with van der Waals surface area (Å²) in [6.07, 6.45) is 1.53. The lowest BCUT2D eigenvalue weighted by atomic mass is 10.2. The highest BCUT2D eigenvalue weighted by molar-refractivity contribution is 5.84. The summed E-state index contributed by atoms with van der Waals surface area (Å²) in [6.45, 7) is 4.08. The minimum Gasteiger partial charge on any atom is -0.378 e. The minimum atomic E-state index is 0.619. The van der Waals surface area contributed by atoms with Crippen LogP contribution in [-0.2, 0) is 11.3 Å². The maximum Gasteiger partial charge on any atom is 0.207 e. The van der Waals surface area contributed by atoms with Gasteiger partial charge in [-0.2, -0.15) is 4.98 Å². The van der Waals surface area contributed by atoms with Crippen LogP contribution in [0.3, 0.4) is 0 Å². The van der Waals surface area contributed by atoms with E-state index >= 15 is 0 Å². The van der Waals surface area contributed by atoms with Gasteiger partial charge in [0.2, 0.25) is 5.95 Å². The van der Waals surface area contributed by atoms with Gasteiger partial charge in [-0.1, -0.05) is 30.3 Å². The van der Waals surface area contributed by atoms with Crippen molar-refractivity contribution >= 4 is 34.3 Å². The molecule has 3 heterocycles. The molecule has 0 aliphatic carbocycles. The van der Waals surface area contributed by atoms with Gasteiger partial charge in [-0.3, -0.25) is 0 Å². The van der Waals surface area contributed by atoms with Crippen LogP contribution in [0.1, 0.15) is 5.56 Å². The topological polar surface area (TPSA) is 91.0 Å². The molecule has 1 fully saturated rings. The van der Waals surface area contributed by atoms with E-state index in [1.54, 1.807) is 0 Å². The van der Waals surface area contributed by atoms with Crippen LogP contribution in [0.15, 0.2) is 60.9 Å². The molecule has 1 aliphatic heterocycles. The van der Waals surface area contributed by atoms with Crippen molar-refractivity contribution in [3.05, 3.63) is 66.5 Å². The molecule has 0 atom stereocenters. The van der Waals surface area contributed by atoms with E-state index < -0.39 is 0 Å². The van der Waals surface area contributed by atoms with E-state index in [-0.39, 0.29) is 0 Å². The minimum absolute atomic E-state index is 0.619. The van der Waals surface area contributed by atoms with E-state index in [1.807, 2.05) is 18.2 Å². The molecule has 0 spiro atoms. The number of morpholine rings is 1. The summed E-state index contributed by atoms with van der Waals surface area (Å²) in [5, 5.41) is 6.68. The van der Waals surface area contributed by atoms with Gasteiger partial charge in [-0.05, 0) is 29.8 Å². The Balaban J connectivity index is 1.30. The van der Waals surface area contributed by atoms with Crippen molar-refractivity contribution in [2.45, 2.75) is 6.54 Å². The molecule has 8 nitrogen and oxygen atoms in total. The van der Waals surface area contributed by atoms with Gasteiger partial charge >= 0.3 is 0 Å². The Morgan fingerprint density at radius 2 is 1.77 bits per heavy atom. The number of nitrogens with one attached hydrogen (secondary N) is 3. The number of anilines is 4. The van der Waals surface area contributed by atoms with Crippen LogP contribution >= 0.6 is 0 Å². The highest BCUT2D eigenvalue weighted by Gasteiger charge is 2.12. The third kappa shape index (κ3) is 4.04. The standard InChI is InChI=1S/C22H23N7O/c1-2-4-16(5-3-1)14-23-20-19-21(25-15-24-20)28-22(27-19)26-17-6-8-18(9-7-17)29-10-12-30-13-11-29/h1-9,15H,10-14H2,(H3,23,24,25,26,27,28). The molecule has 4 aromatic rings. The fourth-order valence-electron chi connectivity index (χ4n) is 3.52. The summed E-state index contributed by atoms with van der Waals surface area (Å²) in [7, 11) is 0. The Labute approximate surface area is 174 Å². The van der Waals surface area contributed by atoms with Gasteiger partial charge in [0.1, 0.15) is 11.8 Å². The van der Waals surface area contributed by atoms with Gasteiger partial charge in [-0.25, -0.2) is 9.97 Å². The zero-order valence-corrected chi connectivity index (χ0v) is 16.5. The van der Waals surface area contributed by atoms with E-state index in [0.717, 1.165) is 43.3 Å². The molecule has 0 unspecified atom stereocenters. The fourth-order valence-corrected chi connectivity index (χ4v) is 3.52. The molecule has 152 valence electrons. The number of aromatic nitrogens is 4. The number of fused-ring (bicyclic) bond motifs is 1. The zero-order chi connectivity index (χ0) is 20.2. The molecule has 3 N–H and O–H groups in total. The molecular formula is C22H23N7O. The second-order valence-electron chi connectivity index (χ2n) is 7.12. The second-order valence-corrected chi connectivity index (χ2v) is 7.12. The number of ether oxygens (including phenoxy) is 1. The van der Waals surface area contributed by atoms with Gasteiger partial charge in [0.25, 0.3) is 0 Å². The van der Waals surface area contributed by atoms with Crippen LogP contribution in [-0.4, -0.2) is 46.2 Å². The Bertz CT molecular complexity index is 1110. The summed E-state index contributed by atoms with van der Waals surface area (Å²) >= 11 is 0. The Hall–Kier alpha value is -3.65. The van der Waals surface area contributed by atoms with E-state index in [4.69, 9.17) is 4.74 Å². The van der Waals surface area contributed by atoms with E-state index in [0.29, 0.717) is 18.1 Å². The predicted octanol–water partition coefficient (Wildman–Crippen LogP) is 3.55. The molecule has 0 radical (unpaired) electrons. The number of nitrogens with zero attached hydrogens (tertiary/aromatic N) is 4. The van der Waals surface area contributed by atoms with Gasteiger partial charge < -0.3 is 25.3 Å². The van der Waals surface area contributed by atoms with Crippen LogP contribution in [0.5, 0.6) is 0 Å². The highest BCUT2D eigenvalue weighted by Crippen LogP contribution is 2.24. The van der Waals surface area contributed by atoms with Crippen molar-refractivity contribution in [2.24, 2.45) is 0 Å². The molecule has 2 aromatic carbocycles. The smallest absolute Gasteiger partial charge is 0.207 e. The molecule has 0 bridgehead atoms. The van der Waals surface area contributed by atoms with Crippen LogP contribution in [0.4, 0.5) is 23.1 Å². The molecule has 1 aliphatic rings. The van der Waals surface area contributed by atoms with Crippen LogP contribution in [0.2, 0.25) is 0 Å². The first kappa shape index (κ1) is 18.4. The first-order valence-electron chi connectivity index (χ1n) is 10.0. The second kappa shape index (κ2) is 8.38. The Morgan fingerprint density at radius 1 is 0.967 bits per heavy atom. The predicted molar refractivity (Wildman–Crippen MR) is 118 cm³/mol. The Kier molecular flexibility index (Phi) is 5.14. The maximum absolute atomic E-state index is 5.42. The molecular weight excluding hydrogens is 378 g/mol. The number of aromatic amines is 1. The quantitative estimate of drug-likeness (QED) is 0.455. The lowest BCUT2D eigenvalue weighted by Gasteiger charge is -2.28. The first-order chi connectivity index (χ1) is 14.8. The van der Waals surface area contributed by atoms with Gasteiger partial charge in [0.05, 0.1) is 13.2 Å². The van der Waals surface area contributed by atoms with Crippen LogP contribution in [0.25, 0.3) is 11.2 Å². The van der Waals surface area contributed by atoms with E-state index in [9.17, 15) is 0 Å². The summed E-state index contributed by atoms with van der Waals surface area (Å²) in [4.78, 5) is 18.8. The lowest BCUT2D eigenvalue weighted by molar-refractivity contribution is 0.122. The largest absolute Gasteiger partial charge is 0.378 e. The van der Waals surface area contributed by atoms with Gasteiger partial charge in [0, 0.05) is 31.0 Å². The van der Waals surface area contributed by atoms with Gasteiger partial charge in [0.15, 0.2) is 11.5 Å². The van der Waals surface area contributed by atoms with Crippen molar-refractivity contribution < 1.29 is 4.74 Å². The van der Waals surface area contributed by atoms with E-state index in [2.05, 4.69) is 71.9 Å². The molecule has 2 aromatic heterocycles. The van der Waals surface area contributed by atoms with E-state index in [1.165, 1.54) is 17.6 Å². The third-order valence-electron chi connectivity index (χ3n) is 5.10. The molecule has 0 amide bonds. The molecule has 5 rings (SSSR count). The van der Waals surface area contributed by atoms with Crippen molar-refractivity contribution in [1.29, 1.82) is 0 Å². The maximum atomic E-state index is 5.42. The summed E-state index contributed by atoms with van der Waals surface area (Å²) < 4.78 is 5.42. The van der Waals surface area contributed by atoms with Gasteiger partial charge in [-0.15, -0.1) is 0 Å². The lowest BCUT2D eigenvalue weighted by Crippen LogP contribution is -2.36. The zero-order valence-electron chi connectivity index (χ0n) is 16.5. The van der Waals surface area contributed by atoms with Crippen molar-refractivity contribution in [1.82, 2.24) is 19.9 Å². The van der Waals surface area contributed by atoms with Crippen LogP contribution < -0.4 is 15.5 Å². The van der Waals surface area contributed by atoms with Crippen molar-refractivity contribution in [3.8, 4) is 0 Å². The number of H-pyrrole nitrogens is 1. The Morgan fingerprint density at radius 3 is 2.57 bits per heavy atom. The normalized spacial score (nSPS) is 14.1. The summed E-state index contributed by atoms with van der Waals surface area (Å²) in [5.41, 5.74) is 4.74. The molecule has 30 heavy (non-hydrogen) atoms. The number of imidazole rings is 1. The molecule has 0 saturated carbocycles.